The van der Waals surface area contributed by atoms with Crippen molar-refractivity contribution in [2.75, 3.05) is 7.11 Å². The lowest BCUT2D eigenvalue weighted by molar-refractivity contribution is 0.415. The summed E-state index contributed by atoms with van der Waals surface area (Å²) in [5, 5.41) is 7.66. The zero-order chi connectivity index (χ0) is 23.9. The van der Waals surface area contributed by atoms with Gasteiger partial charge < -0.3 is 4.74 Å². The molecule has 4 rings (SSSR count). The van der Waals surface area contributed by atoms with Crippen LogP contribution in [0.15, 0.2) is 40.6 Å². The highest BCUT2D eigenvalue weighted by Gasteiger charge is 2.22. The van der Waals surface area contributed by atoms with E-state index in [1.54, 1.807) is 42.3 Å². The lowest BCUT2D eigenvalue weighted by atomic mass is 10.0. The van der Waals surface area contributed by atoms with Gasteiger partial charge in [0.25, 0.3) is 0 Å². The van der Waals surface area contributed by atoms with Crippen molar-refractivity contribution in [3.63, 3.8) is 0 Å². The van der Waals surface area contributed by atoms with Gasteiger partial charge in [0.1, 0.15) is 5.75 Å². The summed E-state index contributed by atoms with van der Waals surface area (Å²) >= 11 is 22.2. The molecule has 0 saturated carbocycles. The van der Waals surface area contributed by atoms with Crippen molar-refractivity contribution in [3.8, 4) is 33.3 Å². The van der Waals surface area contributed by atoms with Gasteiger partial charge in [-0.1, -0.05) is 66.1 Å². The Labute approximate surface area is 216 Å². The summed E-state index contributed by atoms with van der Waals surface area (Å²) in [7, 11) is 1.63. The number of thioether (sulfide) groups is 1. The molecule has 0 aliphatic heterocycles. The summed E-state index contributed by atoms with van der Waals surface area (Å²) < 4.78 is 8.41. The van der Waals surface area contributed by atoms with E-state index in [1.807, 2.05) is 42.8 Å². The molecule has 4 nitrogen and oxygen atoms in total. The van der Waals surface area contributed by atoms with Crippen molar-refractivity contribution in [2.45, 2.75) is 37.2 Å². The first kappa shape index (κ1) is 24.4. The highest BCUT2D eigenvalue weighted by molar-refractivity contribution is 8.01. The summed E-state index contributed by atoms with van der Waals surface area (Å²) in [5.41, 5.74) is 5.65. The summed E-state index contributed by atoms with van der Waals surface area (Å²) in [4.78, 5) is 4.98. The Morgan fingerprint density at radius 1 is 1.00 bits per heavy atom. The molecule has 0 bridgehead atoms. The van der Waals surface area contributed by atoms with E-state index in [9.17, 15) is 0 Å². The predicted molar refractivity (Wildman–Crippen MR) is 142 cm³/mol. The maximum Gasteiger partial charge on any atom is 0.212 e. The van der Waals surface area contributed by atoms with Gasteiger partial charge in [-0.2, -0.15) is 5.10 Å². The van der Waals surface area contributed by atoms with Crippen LogP contribution in [-0.4, -0.2) is 27.1 Å². The fraction of sp³-hybridized carbons (Fsp3) is 0.250. The fourth-order valence-corrected chi connectivity index (χ4v) is 6.62. The Morgan fingerprint density at radius 2 is 1.76 bits per heavy atom. The smallest absolute Gasteiger partial charge is 0.212 e. The minimum Gasteiger partial charge on any atom is -0.497 e. The summed E-state index contributed by atoms with van der Waals surface area (Å²) in [6.45, 7) is 8.36. The Hall–Kier alpha value is -1.70. The largest absolute Gasteiger partial charge is 0.497 e. The molecule has 0 aliphatic carbocycles. The highest BCUT2D eigenvalue weighted by atomic mass is 35.5. The number of thiazole rings is 1. The van der Waals surface area contributed by atoms with E-state index in [0.717, 1.165) is 43.1 Å². The highest BCUT2D eigenvalue weighted by Crippen LogP contribution is 2.42. The van der Waals surface area contributed by atoms with E-state index >= 15 is 0 Å². The molecule has 0 atom stereocenters. The molecule has 0 N–H and O–H groups in total. The van der Waals surface area contributed by atoms with Gasteiger partial charge in [-0.3, -0.25) is 0 Å². The number of nitrogens with zero attached hydrogens (tertiary/aromatic N) is 3. The van der Waals surface area contributed by atoms with Crippen LogP contribution in [0.2, 0.25) is 15.1 Å². The van der Waals surface area contributed by atoms with E-state index in [0.29, 0.717) is 26.1 Å². The van der Waals surface area contributed by atoms with Crippen molar-refractivity contribution in [1.82, 2.24) is 14.8 Å². The van der Waals surface area contributed by atoms with E-state index in [1.165, 1.54) is 0 Å². The Morgan fingerprint density at radius 3 is 2.42 bits per heavy atom. The quantitative estimate of drug-likeness (QED) is 0.230. The van der Waals surface area contributed by atoms with Gasteiger partial charge in [0.15, 0.2) is 0 Å². The van der Waals surface area contributed by atoms with Gasteiger partial charge in [-0.05, 0) is 49.7 Å². The van der Waals surface area contributed by atoms with Crippen molar-refractivity contribution >= 4 is 57.9 Å². The maximum absolute atomic E-state index is 6.33. The normalized spacial score (nSPS) is 11.4. The Balaban J connectivity index is 1.85. The van der Waals surface area contributed by atoms with Crippen LogP contribution in [-0.2, 0) is 0 Å². The monoisotopic (exact) mass is 537 g/mol. The van der Waals surface area contributed by atoms with E-state index < -0.39 is 0 Å². The van der Waals surface area contributed by atoms with Crippen LogP contribution in [0.4, 0.5) is 0 Å². The Kier molecular flexibility index (Phi) is 7.32. The van der Waals surface area contributed by atoms with Crippen LogP contribution in [0.3, 0.4) is 0 Å². The average molecular weight is 539 g/mol. The zero-order valence-electron chi connectivity index (χ0n) is 18.7. The average Bonchev–Trinajstić information content (AvgIpc) is 3.29. The summed E-state index contributed by atoms with van der Waals surface area (Å²) in [6, 6.07) is 11.3. The van der Waals surface area contributed by atoms with Gasteiger partial charge in [0.05, 0.1) is 38.4 Å². The first-order valence-corrected chi connectivity index (χ1v) is 13.1. The van der Waals surface area contributed by atoms with E-state index in [4.69, 9.17) is 49.6 Å². The van der Waals surface area contributed by atoms with Crippen molar-refractivity contribution in [2.24, 2.45) is 0 Å². The summed E-state index contributed by atoms with van der Waals surface area (Å²) in [6.07, 6.45) is 0. The third-order valence-electron chi connectivity index (χ3n) is 4.99. The van der Waals surface area contributed by atoms with E-state index in [2.05, 4.69) is 13.8 Å². The molecule has 0 spiro atoms. The molecule has 0 saturated heterocycles. The van der Waals surface area contributed by atoms with Crippen LogP contribution in [0.25, 0.3) is 27.5 Å². The van der Waals surface area contributed by atoms with Crippen molar-refractivity contribution < 1.29 is 4.74 Å². The molecule has 0 fully saturated rings. The van der Waals surface area contributed by atoms with Gasteiger partial charge in [-0.15, -0.1) is 11.8 Å². The molecule has 0 aliphatic rings. The minimum absolute atomic E-state index is 0.398. The van der Waals surface area contributed by atoms with Gasteiger partial charge in [0, 0.05) is 21.4 Å². The van der Waals surface area contributed by atoms with Crippen LogP contribution < -0.4 is 4.74 Å². The summed E-state index contributed by atoms with van der Waals surface area (Å²) in [5.74, 6) is 0.704. The second-order valence-electron chi connectivity index (χ2n) is 7.77. The number of halogens is 3. The molecule has 2 heterocycles. The lowest BCUT2D eigenvalue weighted by Crippen LogP contribution is -1.98. The first-order chi connectivity index (χ1) is 15.7. The lowest BCUT2D eigenvalue weighted by Gasteiger charge is -2.07. The second-order valence-corrected chi connectivity index (χ2v) is 11.8. The van der Waals surface area contributed by atoms with Crippen LogP contribution >= 0.6 is 57.9 Å². The standard InChI is InChI=1S/C24H22Cl3N3OS2/c1-12(2)32-23-22(15-6-7-19(26)20(27)10-15)28-24(33-23)30-14(4)21(13(3)29-30)16-8-17(25)11-18(9-16)31-5/h6-12H,1-5H3. The van der Waals surface area contributed by atoms with Gasteiger partial charge in [-0.25, -0.2) is 9.67 Å². The maximum atomic E-state index is 6.33. The minimum atomic E-state index is 0.398. The second kappa shape index (κ2) is 9.88. The third-order valence-corrected chi connectivity index (χ3v) is 8.19. The fourth-order valence-electron chi connectivity index (χ4n) is 3.58. The molecule has 0 radical (unpaired) electrons. The zero-order valence-corrected chi connectivity index (χ0v) is 22.6. The topological polar surface area (TPSA) is 39.9 Å². The number of benzene rings is 2. The number of methoxy groups -OCH3 is 1. The van der Waals surface area contributed by atoms with Gasteiger partial charge >= 0.3 is 0 Å². The molecule has 2 aromatic heterocycles. The Bertz CT molecular complexity index is 1330. The number of hydrogen-bond donors (Lipinski definition) is 0. The molecule has 2 aromatic carbocycles. The number of aromatic nitrogens is 3. The van der Waals surface area contributed by atoms with Crippen LogP contribution in [0.5, 0.6) is 5.75 Å². The molecular formula is C24H22Cl3N3OS2. The molecule has 9 heteroatoms. The number of ether oxygens (including phenoxy) is 1. The third kappa shape index (κ3) is 5.05. The molecule has 172 valence electrons. The molecule has 4 aromatic rings. The number of hydrogen-bond acceptors (Lipinski definition) is 5. The van der Waals surface area contributed by atoms with Crippen molar-refractivity contribution in [3.05, 3.63) is 62.9 Å². The van der Waals surface area contributed by atoms with E-state index in [-0.39, 0.29) is 0 Å². The molecule has 33 heavy (non-hydrogen) atoms. The van der Waals surface area contributed by atoms with Crippen molar-refractivity contribution in [1.29, 1.82) is 0 Å². The first-order valence-electron chi connectivity index (χ1n) is 10.2. The molecule has 0 unspecified atom stereocenters. The van der Waals surface area contributed by atoms with Crippen LogP contribution in [0.1, 0.15) is 25.2 Å². The van der Waals surface area contributed by atoms with Gasteiger partial charge in [0.2, 0.25) is 5.13 Å². The number of rotatable bonds is 6. The predicted octanol–water partition coefficient (Wildman–Crippen LogP) is 8.75. The van der Waals surface area contributed by atoms with Crippen LogP contribution in [0, 0.1) is 13.8 Å². The molecule has 0 amide bonds. The SMILES string of the molecule is COc1cc(Cl)cc(-c2c(C)nn(-c3nc(-c4ccc(Cl)c(Cl)c4)c(SC(C)C)s3)c2C)c1. The number of aryl methyl sites for hydroxylation is 1. The molecular weight excluding hydrogens is 517 g/mol.